The molecule has 0 radical (unpaired) electrons. The van der Waals surface area contributed by atoms with Gasteiger partial charge in [0.1, 0.15) is 5.75 Å². The van der Waals surface area contributed by atoms with Crippen LogP contribution in [0.2, 0.25) is 0 Å². The topological polar surface area (TPSA) is 46.5 Å². The molecule has 0 heterocycles. The van der Waals surface area contributed by atoms with Gasteiger partial charge >= 0.3 is 5.97 Å². The first-order chi connectivity index (χ1) is 7.65. The van der Waals surface area contributed by atoms with Gasteiger partial charge in [0.05, 0.1) is 7.11 Å². The van der Waals surface area contributed by atoms with E-state index in [1.165, 1.54) is 5.56 Å². The summed E-state index contributed by atoms with van der Waals surface area (Å²) in [4.78, 5) is 10.4. The molecule has 0 aromatic heterocycles. The van der Waals surface area contributed by atoms with Crippen molar-refractivity contribution in [2.45, 2.75) is 32.6 Å². The number of carboxylic acid groups (broad SMARTS) is 1. The Morgan fingerprint density at radius 3 is 2.56 bits per heavy atom. The number of carboxylic acids is 1. The predicted octanol–water partition coefficient (Wildman–Crippen LogP) is 2.66. The molecule has 0 unspecified atom stereocenters. The quantitative estimate of drug-likeness (QED) is 0.804. The van der Waals surface area contributed by atoms with Crippen molar-refractivity contribution >= 4 is 5.97 Å². The van der Waals surface area contributed by atoms with Crippen LogP contribution >= 0.6 is 0 Å². The summed E-state index contributed by atoms with van der Waals surface area (Å²) in [5, 5.41) is 8.57. The van der Waals surface area contributed by atoms with Gasteiger partial charge in [-0.05, 0) is 42.5 Å². The lowest BCUT2D eigenvalue weighted by Gasteiger charge is -2.07. The molecule has 0 aliphatic rings. The first-order valence-electron chi connectivity index (χ1n) is 5.54. The summed E-state index contributed by atoms with van der Waals surface area (Å²) in [6, 6.07) is 6.10. The number of aryl methyl sites for hydroxylation is 2. The molecule has 1 aromatic rings. The summed E-state index contributed by atoms with van der Waals surface area (Å²) < 4.78 is 5.21. The first kappa shape index (κ1) is 12.6. The summed E-state index contributed by atoms with van der Waals surface area (Å²) in [5.74, 6) is 0.114. The van der Waals surface area contributed by atoms with E-state index in [-0.39, 0.29) is 6.42 Å². The van der Waals surface area contributed by atoms with Gasteiger partial charge < -0.3 is 9.84 Å². The maximum absolute atomic E-state index is 10.4. The van der Waals surface area contributed by atoms with Gasteiger partial charge in [-0.1, -0.05) is 13.0 Å². The minimum absolute atomic E-state index is 0.221. The van der Waals surface area contributed by atoms with Gasteiger partial charge in [-0.15, -0.1) is 0 Å². The average Bonchev–Trinajstić information content (AvgIpc) is 2.28. The first-order valence-corrected chi connectivity index (χ1v) is 5.54. The average molecular weight is 222 g/mol. The zero-order chi connectivity index (χ0) is 12.0. The van der Waals surface area contributed by atoms with Crippen LogP contribution < -0.4 is 4.74 Å². The van der Waals surface area contributed by atoms with Crippen LogP contribution in [0.25, 0.3) is 0 Å². The van der Waals surface area contributed by atoms with Gasteiger partial charge in [0, 0.05) is 6.42 Å². The second-order valence-electron chi connectivity index (χ2n) is 3.79. The maximum Gasteiger partial charge on any atom is 0.303 e. The van der Waals surface area contributed by atoms with E-state index in [0.29, 0.717) is 6.42 Å². The van der Waals surface area contributed by atoms with Crippen molar-refractivity contribution in [2.24, 2.45) is 0 Å². The second-order valence-corrected chi connectivity index (χ2v) is 3.79. The molecule has 3 nitrogen and oxygen atoms in total. The van der Waals surface area contributed by atoms with Crippen molar-refractivity contribution in [3.63, 3.8) is 0 Å². The number of benzene rings is 1. The van der Waals surface area contributed by atoms with E-state index < -0.39 is 5.97 Å². The van der Waals surface area contributed by atoms with Crippen molar-refractivity contribution in [3.05, 3.63) is 29.3 Å². The third-order valence-electron chi connectivity index (χ3n) is 2.53. The molecular formula is C13H18O3. The molecule has 1 N–H and O–H groups in total. The van der Waals surface area contributed by atoms with Crippen LogP contribution in [0.3, 0.4) is 0 Å². The van der Waals surface area contributed by atoms with Crippen molar-refractivity contribution < 1.29 is 14.6 Å². The minimum Gasteiger partial charge on any atom is -0.497 e. The molecule has 0 fully saturated rings. The van der Waals surface area contributed by atoms with Crippen molar-refractivity contribution in [3.8, 4) is 5.75 Å². The van der Waals surface area contributed by atoms with E-state index in [4.69, 9.17) is 9.84 Å². The van der Waals surface area contributed by atoms with Gasteiger partial charge in [-0.25, -0.2) is 0 Å². The normalized spacial score (nSPS) is 10.1. The molecule has 0 bridgehead atoms. The number of rotatable bonds is 6. The molecule has 16 heavy (non-hydrogen) atoms. The smallest absolute Gasteiger partial charge is 0.303 e. The fourth-order valence-electron chi connectivity index (χ4n) is 1.64. The van der Waals surface area contributed by atoms with Gasteiger partial charge in [0.15, 0.2) is 0 Å². The molecule has 0 amide bonds. The third-order valence-corrected chi connectivity index (χ3v) is 2.53. The summed E-state index contributed by atoms with van der Waals surface area (Å²) in [6.45, 7) is 2.09. The largest absolute Gasteiger partial charge is 0.497 e. The lowest BCUT2D eigenvalue weighted by Crippen LogP contribution is -1.97. The Kier molecular flexibility index (Phi) is 4.83. The van der Waals surface area contributed by atoms with Gasteiger partial charge in [0.25, 0.3) is 0 Å². The molecular weight excluding hydrogens is 204 g/mol. The molecule has 0 aliphatic heterocycles. The summed E-state index contributed by atoms with van der Waals surface area (Å²) in [5.41, 5.74) is 2.38. The van der Waals surface area contributed by atoms with Crippen LogP contribution in [0.4, 0.5) is 0 Å². The third kappa shape index (κ3) is 3.93. The zero-order valence-electron chi connectivity index (χ0n) is 9.82. The summed E-state index contributed by atoms with van der Waals surface area (Å²) in [6.07, 6.45) is 2.64. The highest BCUT2D eigenvalue weighted by molar-refractivity contribution is 5.66. The monoisotopic (exact) mass is 222 g/mol. The highest BCUT2D eigenvalue weighted by atomic mass is 16.5. The van der Waals surface area contributed by atoms with Crippen LogP contribution in [0.1, 0.15) is 30.9 Å². The number of methoxy groups -OCH3 is 1. The van der Waals surface area contributed by atoms with Gasteiger partial charge in [0.2, 0.25) is 0 Å². The molecule has 3 heteroatoms. The van der Waals surface area contributed by atoms with Crippen LogP contribution in [0.15, 0.2) is 18.2 Å². The Labute approximate surface area is 96.1 Å². The summed E-state index contributed by atoms with van der Waals surface area (Å²) in [7, 11) is 1.65. The van der Waals surface area contributed by atoms with Crippen LogP contribution in [0, 0.1) is 0 Å². The molecule has 0 saturated heterocycles. The Morgan fingerprint density at radius 1 is 1.31 bits per heavy atom. The predicted molar refractivity (Wildman–Crippen MR) is 62.9 cm³/mol. The number of hydrogen-bond acceptors (Lipinski definition) is 2. The standard InChI is InChI=1S/C13H18O3/c1-3-10-7-11(5-4-6-13(14)15)9-12(8-10)16-2/h7-9H,3-6H2,1-2H3,(H,14,15). The van der Waals surface area contributed by atoms with Crippen LogP contribution in [0.5, 0.6) is 5.75 Å². The highest BCUT2D eigenvalue weighted by Crippen LogP contribution is 2.19. The lowest BCUT2D eigenvalue weighted by molar-refractivity contribution is -0.137. The fourth-order valence-corrected chi connectivity index (χ4v) is 1.64. The Bertz CT molecular complexity index is 336. The van der Waals surface area contributed by atoms with Crippen molar-refractivity contribution in [1.82, 2.24) is 0 Å². The molecule has 0 aliphatic carbocycles. The van der Waals surface area contributed by atoms with Crippen molar-refractivity contribution in [2.75, 3.05) is 7.11 Å². The van der Waals surface area contributed by atoms with Gasteiger partial charge in [-0.2, -0.15) is 0 Å². The lowest BCUT2D eigenvalue weighted by atomic mass is 10.0. The highest BCUT2D eigenvalue weighted by Gasteiger charge is 2.02. The van der Waals surface area contributed by atoms with E-state index in [9.17, 15) is 4.79 Å². The van der Waals surface area contributed by atoms with Crippen LogP contribution in [-0.4, -0.2) is 18.2 Å². The Balaban J connectivity index is 2.67. The molecule has 0 saturated carbocycles. The van der Waals surface area contributed by atoms with Crippen molar-refractivity contribution in [1.29, 1.82) is 0 Å². The maximum atomic E-state index is 10.4. The fraction of sp³-hybridized carbons (Fsp3) is 0.462. The molecule has 1 rings (SSSR count). The SMILES string of the molecule is CCc1cc(CCCC(=O)O)cc(OC)c1. The molecule has 88 valence electrons. The van der Waals surface area contributed by atoms with E-state index in [1.54, 1.807) is 7.11 Å². The van der Waals surface area contributed by atoms with Gasteiger partial charge in [-0.3, -0.25) is 4.79 Å². The van der Waals surface area contributed by atoms with E-state index in [2.05, 4.69) is 13.0 Å². The van der Waals surface area contributed by atoms with E-state index >= 15 is 0 Å². The molecule has 0 spiro atoms. The number of hydrogen-bond donors (Lipinski definition) is 1. The van der Waals surface area contributed by atoms with E-state index in [1.807, 2.05) is 12.1 Å². The zero-order valence-corrected chi connectivity index (χ0v) is 9.82. The van der Waals surface area contributed by atoms with E-state index in [0.717, 1.165) is 24.2 Å². The minimum atomic E-state index is -0.737. The molecule has 0 atom stereocenters. The van der Waals surface area contributed by atoms with Crippen LogP contribution in [-0.2, 0) is 17.6 Å². The Morgan fingerprint density at radius 2 is 2.00 bits per heavy atom. The second kappa shape index (κ2) is 6.16. The molecule has 1 aromatic carbocycles. The Hall–Kier alpha value is -1.51. The number of ether oxygens (including phenoxy) is 1. The number of aliphatic carboxylic acids is 1. The number of carbonyl (C=O) groups is 1. The summed E-state index contributed by atoms with van der Waals surface area (Å²) >= 11 is 0.